The van der Waals surface area contributed by atoms with Gasteiger partial charge >= 0.3 is 0 Å². The van der Waals surface area contributed by atoms with Crippen LogP contribution in [0.25, 0.3) is 83.9 Å². The molecule has 0 bridgehead atoms. The second kappa shape index (κ2) is 17.7. The first kappa shape index (κ1) is 39.8. The molecular formula is C66H69N3O. The number of aromatic nitrogens is 3. The predicted molar refractivity (Wildman–Crippen MR) is 297 cm³/mol. The molecule has 7 aromatic carbocycles. The van der Waals surface area contributed by atoms with Gasteiger partial charge in [0.25, 0.3) is 0 Å². The minimum atomic E-state index is -2.83. The first-order valence-electron chi connectivity index (χ1n) is 27.8. The zero-order chi connectivity index (χ0) is 56.1. The van der Waals surface area contributed by atoms with E-state index in [1.54, 1.807) is 18.3 Å². The fourth-order valence-electron chi connectivity index (χ4n) is 9.32. The molecule has 70 heavy (non-hydrogen) atoms. The van der Waals surface area contributed by atoms with Crippen molar-refractivity contribution in [1.82, 2.24) is 14.5 Å². The van der Waals surface area contributed by atoms with Crippen molar-refractivity contribution in [1.29, 1.82) is 0 Å². The van der Waals surface area contributed by atoms with Crippen LogP contribution in [0.15, 0.2) is 158 Å². The molecule has 0 spiro atoms. The van der Waals surface area contributed by atoms with Gasteiger partial charge in [-0.25, -0.2) is 4.98 Å². The fourth-order valence-corrected chi connectivity index (χ4v) is 9.32. The third-order valence-corrected chi connectivity index (χ3v) is 13.5. The van der Waals surface area contributed by atoms with Gasteiger partial charge in [-0.05, 0) is 140 Å². The number of rotatable bonds is 7. The number of para-hydroxylation sites is 1. The van der Waals surface area contributed by atoms with Crippen molar-refractivity contribution in [2.45, 2.75) is 119 Å². The van der Waals surface area contributed by atoms with Gasteiger partial charge in [-0.2, -0.15) is 0 Å². The highest BCUT2D eigenvalue weighted by molar-refractivity contribution is 5.98. The summed E-state index contributed by atoms with van der Waals surface area (Å²) < 4.78 is 61.2. The first-order valence-corrected chi connectivity index (χ1v) is 24.3. The number of phenols is 1. The Morgan fingerprint density at radius 3 is 1.79 bits per heavy atom. The van der Waals surface area contributed by atoms with Gasteiger partial charge < -0.3 is 5.11 Å². The Bertz CT molecular complexity index is 3740. The second-order valence-corrected chi connectivity index (χ2v) is 23.0. The van der Waals surface area contributed by atoms with Crippen molar-refractivity contribution in [2.75, 3.05) is 0 Å². The van der Waals surface area contributed by atoms with Crippen LogP contribution in [-0.4, -0.2) is 19.6 Å². The van der Waals surface area contributed by atoms with Crippen LogP contribution in [0.4, 0.5) is 0 Å². The first-order chi connectivity index (χ1) is 35.8. The van der Waals surface area contributed by atoms with Crippen molar-refractivity contribution < 1.29 is 14.7 Å². The number of aromatic hydroxyl groups is 1. The summed E-state index contributed by atoms with van der Waals surface area (Å²) in [5.74, 6) is 0.765. The van der Waals surface area contributed by atoms with Crippen molar-refractivity contribution >= 4 is 11.0 Å². The van der Waals surface area contributed by atoms with E-state index in [1.165, 1.54) is 5.56 Å². The smallest absolute Gasteiger partial charge is 0.149 e. The zero-order valence-corrected chi connectivity index (χ0v) is 43.0. The molecule has 0 aliphatic rings. The van der Waals surface area contributed by atoms with Gasteiger partial charge in [-0.15, -0.1) is 0 Å². The van der Waals surface area contributed by atoms with Crippen molar-refractivity contribution in [3.8, 4) is 78.6 Å². The van der Waals surface area contributed by atoms with Crippen LogP contribution in [-0.2, 0) is 21.7 Å². The number of hydrogen-bond acceptors (Lipinski definition) is 3. The van der Waals surface area contributed by atoms with E-state index in [9.17, 15) is 5.11 Å². The standard InChI is InChI=1S/C66H69N3O/c1-41-23-25-43(26-24-41)46-31-32-67-57(37-46)48-34-47(35-50(36-48)64(6,7)8)52-21-18-22-58-60(52)68-62(55-38-51(65(9,10)11)39-56(61(55)70)66(12,13)14)69(58)59-33-42(2)53(40-54(59)44-19-16-15-17-20-44)45-27-29-49(30-28-45)63(3,4)5/h15-40,70H,1-14H3/i1D3,23D,24D,25D,26D. The topological polar surface area (TPSA) is 50.9 Å². The minimum absolute atomic E-state index is 0.00308. The maximum Gasteiger partial charge on any atom is 0.149 e. The molecule has 354 valence electrons. The molecule has 4 heteroatoms. The Morgan fingerprint density at radius 2 is 1.14 bits per heavy atom. The molecule has 9 rings (SSSR count). The predicted octanol–water partition coefficient (Wildman–Crippen LogP) is 17.9. The normalized spacial score (nSPS) is 14.1. The van der Waals surface area contributed by atoms with E-state index in [4.69, 9.17) is 19.6 Å². The lowest BCUT2D eigenvalue weighted by molar-refractivity contribution is 0.446. The maximum absolute atomic E-state index is 12.7. The zero-order valence-electron chi connectivity index (χ0n) is 50.0. The second-order valence-electron chi connectivity index (χ2n) is 23.0. The molecule has 0 amide bonds. The molecule has 0 radical (unpaired) electrons. The molecule has 9 aromatic rings. The molecule has 0 saturated carbocycles. The van der Waals surface area contributed by atoms with E-state index >= 15 is 0 Å². The number of imidazole rings is 1. The number of pyridine rings is 1. The number of fused-ring (bicyclic) bond motifs is 1. The summed E-state index contributed by atoms with van der Waals surface area (Å²) in [4.78, 5) is 10.5. The molecule has 4 nitrogen and oxygen atoms in total. The van der Waals surface area contributed by atoms with Gasteiger partial charge in [0.15, 0.2) is 0 Å². The third-order valence-electron chi connectivity index (χ3n) is 13.5. The van der Waals surface area contributed by atoms with Gasteiger partial charge in [0, 0.05) is 32.6 Å². The van der Waals surface area contributed by atoms with Crippen LogP contribution < -0.4 is 0 Å². The number of benzene rings is 7. The van der Waals surface area contributed by atoms with Crippen LogP contribution >= 0.6 is 0 Å². The summed E-state index contributed by atoms with van der Waals surface area (Å²) in [5.41, 5.74) is 14.3. The minimum Gasteiger partial charge on any atom is -0.507 e. The average Bonchev–Trinajstić information content (AvgIpc) is 3.83. The van der Waals surface area contributed by atoms with Crippen LogP contribution in [0.5, 0.6) is 5.75 Å². The van der Waals surface area contributed by atoms with Gasteiger partial charge in [0.1, 0.15) is 11.6 Å². The van der Waals surface area contributed by atoms with Gasteiger partial charge in [0.2, 0.25) is 0 Å². The van der Waals surface area contributed by atoms with E-state index < -0.39 is 42.0 Å². The lowest BCUT2D eigenvalue weighted by Crippen LogP contribution is -2.17. The van der Waals surface area contributed by atoms with Crippen LogP contribution in [0.2, 0.25) is 0 Å². The summed E-state index contributed by atoms with van der Waals surface area (Å²) >= 11 is 0. The SMILES string of the molecule is [2H]c1c([2H])c(C([2H])([2H])[2H])c([2H])c([2H])c1-c1ccnc(-c2cc(-c3cccc4c3nc(-c3cc(C(C)(C)C)cc(C(C)(C)C)c3O)n4-c3cc(C)c(-c4ccc(C(C)(C)C)cc4)cc3-c3ccccc3)cc(C(C)(C)C)c2)c1. The molecule has 1 N–H and O–H groups in total. The summed E-state index contributed by atoms with van der Waals surface area (Å²) in [5, 5.41) is 12.7. The number of hydrogen-bond donors (Lipinski definition) is 1. The van der Waals surface area contributed by atoms with Gasteiger partial charge in [-0.1, -0.05) is 192 Å². The van der Waals surface area contributed by atoms with E-state index in [1.807, 2.05) is 6.07 Å². The Morgan fingerprint density at radius 1 is 0.500 bits per heavy atom. The van der Waals surface area contributed by atoms with Gasteiger partial charge in [0.05, 0.1) is 33.5 Å². The molecule has 2 heterocycles. The van der Waals surface area contributed by atoms with Crippen molar-refractivity contribution in [3.63, 3.8) is 0 Å². The molecule has 2 aromatic heterocycles. The monoisotopic (exact) mass is 927 g/mol. The Hall–Kier alpha value is -7.04. The summed E-state index contributed by atoms with van der Waals surface area (Å²) in [6.45, 7) is 25.4. The van der Waals surface area contributed by atoms with E-state index in [0.717, 1.165) is 77.9 Å². The van der Waals surface area contributed by atoms with Crippen molar-refractivity contribution in [2.24, 2.45) is 0 Å². The molecule has 0 unspecified atom stereocenters. The molecule has 0 saturated heterocycles. The van der Waals surface area contributed by atoms with Crippen LogP contribution in [0.3, 0.4) is 0 Å². The highest BCUT2D eigenvalue weighted by atomic mass is 16.3. The van der Waals surface area contributed by atoms with E-state index in [0.29, 0.717) is 22.6 Å². The summed E-state index contributed by atoms with van der Waals surface area (Å²) in [7, 11) is 0. The average molecular weight is 927 g/mol. The number of aryl methyl sites for hydroxylation is 1. The molecule has 0 fully saturated rings. The highest BCUT2D eigenvalue weighted by Gasteiger charge is 2.30. The molecule has 0 aliphatic heterocycles. The Balaban J connectivity index is 1.35. The van der Waals surface area contributed by atoms with Crippen LogP contribution in [0, 0.1) is 13.8 Å². The fraction of sp³-hybridized carbons (Fsp3) is 0.273. The highest BCUT2D eigenvalue weighted by Crippen LogP contribution is 2.47. The van der Waals surface area contributed by atoms with E-state index in [2.05, 4.69) is 204 Å². The Kier molecular flexibility index (Phi) is 10.1. The summed E-state index contributed by atoms with van der Waals surface area (Å²) in [6, 6.07) is 42.0. The van der Waals surface area contributed by atoms with Crippen molar-refractivity contribution in [3.05, 3.63) is 191 Å². The lowest BCUT2D eigenvalue weighted by atomic mass is 9.79. The largest absolute Gasteiger partial charge is 0.507 e. The number of phenolic OH excluding ortho intramolecular Hbond substituents is 1. The van der Waals surface area contributed by atoms with Crippen LogP contribution in [0.1, 0.15) is 126 Å². The molecule has 0 aliphatic carbocycles. The quantitative estimate of drug-likeness (QED) is 0.173. The molecule has 0 atom stereocenters. The van der Waals surface area contributed by atoms with E-state index in [-0.39, 0.29) is 27.6 Å². The van der Waals surface area contributed by atoms with Gasteiger partial charge in [-0.3, -0.25) is 9.55 Å². The molecular weight excluding hydrogens is 851 g/mol. The Labute approximate surface area is 427 Å². The summed E-state index contributed by atoms with van der Waals surface area (Å²) in [6.07, 6.45) is 1.58. The third kappa shape index (κ3) is 9.37. The number of nitrogens with zero attached hydrogens (tertiary/aromatic N) is 3. The lowest BCUT2D eigenvalue weighted by Gasteiger charge is -2.28. The maximum atomic E-state index is 12.7.